The summed E-state index contributed by atoms with van der Waals surface area (Å²) in [5.41, 5.74) is 3.64. The zero-order valence-corrected chi connectivity index (χ0v) is 19.4. The Hall–Kier alpha value is -1.84. The molecule has 0 aliphatic carbocycles. The number of rotatable bonds is 7. The number of aryl methyl sites for hydroxylation is 1. The van der Waals surface area contributed by atoms with E-state index in [1.54, 1.807) is 11.3 Å². The van der Waals surface area contributed by atoms with Gasteiger partial charge in [0.25, 0.3) is 0 Å². The van der Waals surface area contributed by atoms with E-state index in [1.165, 1.54) is 21.2 Å². The Bertz CT molecular complexity index is 960. The van der Waals surface area contributed by atoms with Crippen LogP contribution in [0.1, 0.15) is 64.2 Å². The number of ether oxygens (including phenoxy) is 1. The first-order chi connectivity index (χ1) is 13.7. The lowest BCUT2D eigenvalue weighted by Gasteiger charge is -2.34. The Morgan fingerprint density at radius 3 is 2.24 bits per heavy atom. The van der Waals surface area contributed by atoms with Crippen molar-refractivity contribution in [1.82, 2.24) is 0 Å². The van der Waals surface area contributed by atoms with E-state index >= 15 is 0 Å². The van der Waals surface area contributed by atoms with Crippen molar-refractivity contribution in [1.29, 1.82) is 0 Å². The van der Waals surface area contributed by atoms with Crippen molar-refractivity contribution in [3.63, 3.8) is 0 Å². The Morgan fingerprint density at radius 2 is 1.62 bits per heavy atom. The van der Waals surface area contributed by atoms with Crippen molar-refractivity contribution < 1.29 is 9.84 Å². The van der Waals surface area contributed by atoms with Crippen molar-refractivity contribution in [2.75, 3.05) is 6.61 Å². The molecule has 2 aromatic carbocycles. The Labute approximate surface area is 179 Å². The molecule has 1 aromatic heterocycles. The number of hydrogen-bond acceptors (Lipinski definition) is 3. The maximum atomic E-state index is 10.3. The van der Waals surface area contributed by atoms with Crippen LogP contribution in [0.4, 0.5) is 0 Å². The second-order valence-electron chi connectivity index (χ2n) is 9.14. The van der Waals surface area contributed by atoms with Crippen LogP contribution in [0.2, 0.25) is 0 Å². The quantitative estimate of drug-likeness (QED) is 0.450. The van der Waals surface area contributed by atoms with Gasteiger partial charge in [-0.3, -0.25) is 0 Å². The molecule has 1 atom stereocenters. The minimum atomic E-state index is -0.496. The van der Waals surface area contributed by atoms with Crippen LogP contribution < -0.4 is 4.74 Å². The summed E-state index contributed by atoms with van der Waals surface area (Å²) in [6, 6.07) is 15.6. The third kappa shape index (κ3) is 4.36. The second kappa shape index (κ2) is 8.49. The zero-order valence-electron chi connectivity index (χ0n) is 18.6. The lowest BCUT2D eigenvalue weighted by Crippen LogP contribution is -2.32. The van der Waals surface area contributed by atoms with Crippen LogP contribution in [0.3, 0.4) is 0 Å². The molecule has 3 aromatic rings. The fourth-order valence-corrected chi connectivity index (χ4v) is 4.84. The molecule has 3 rings (SSSR count). The summed E-state index contributed by atoms with van der Waals surface area (Å²) < 4.78 is 7.31. The fourth-order valence-electron chi connectivity index (χ4n) is 4.01. The molecule has 0 aliphatic rings. The van der Waals surface area contributed by atoms with Crippen molar-refractivity contribution in [3.8, 4) is 5.75 Å². The molecule has 1 heterocycles. The van der Waals surface area contributed by atoms with Gasteiger partial charge in [0.1, 0.15) is 12.4 Å². The van der Waals surface area contributed by atoms with Crippen molar-refractivity contribution in [3.05, 3.63) is 64.5 Å². The SMILES string of the molecule is CCC(CC)(c1ccc(OCC(O)C(C)(C)C)c(C)c1)c1ccc2ccsc2c1. The maximum Gasteiger partial charge on any atom is 0.122 e. The molecule has 0 saturated heterocycles. The third-order valence-corrected chi connectivity index (χ3v) is 7.22. The molecule has 0 radical (unpaired) electrons. The maximum absolute atomic E-state index is 10.3. The summed E-state index contributed by atoms with van der Waals surface area (Å²) in [7, 11) is 0. The molecule has 1 N–H and O–H groups in total. The van der Waals surface area contributed by atoms with E-state index in [4.69, 9.17) is 4.74 Å². The molecule has 156 valence electrons. The largest absolute Gasteiger partial charge is 0.491 e. The predicted molar refractivity (Wildman–Crippen MR) is 125 cm³/mol. The van der Waals surface area contributed by atoms with E-state index in [-0.39, 0.29) is 10.8 Å². The smallest absolute Gasteiger partial charge is 0.122 e. The first-order valence-electron chi connectivity index (χ1n) is 10.6. The number of hydrogen-bond donors (Lipinski definition) is 1. The Morgan fingerprint density at radius 1 is 0.966 bits per heavy atom. The van der Waals surface area contributed by atoms with Gasteiger partial charge in [-0.05, 0) is 70.8 Å². The van der Waals surface area contributed by atoms with Gasteiger partial charge in [0, 0.05) is 10.1 Å². The summed E-state index contributed by atoms with van der Waals surface area (Å²) in [6.45, 7) is 13.0. The van der Waals surface area contributed by atoms with Gasteiger partial charge in [-0.1, -0.05) is 58.9 Å². The molecule has 0 spiro atoms. The number of fused-ring (bicyclic) bond motifs is 1. The van der Waals surface area contributed by atoms with Gasteiger partial charge in [-0.15, -0.1) is 11.3 Å². The van der Waals surface area contributed by atoms with Gasteiger partial charge in [0.15, 0.2) is 0 Å². The number of aliphatic hydroxyl groups excluding tert-OH is 1. The van der Waals surface area contributed by atoms with Crippen LogP contribution in [0.5, 0.6) is 5.75 Å². The molecule has 0 amide bonds. The average Bonchev–Trinajstić information content (AvgIpc) is 3.16. The average molecular weight is 411 g/mol. The highest BCUT2D eigenvalue weighted by molar-refractivity contribution is 7.17. The molecule has 2 nitrogen and oxygen atoms in total. The van der Waals surface area contributed by atoms with Crippen LogP contribution >= 0.6 is 11.3 Å². The number of thiophene rings is 1. The second-order valence-corrected chi connectivity index (χ2v) is 10.1. The minimum absolute atomic E-state index is 0.00755. The molecular weight excluding hydrogens is 376 g/mol. The topological polar surface area (TPSA) is 29.5 Å². The lowest BCUT2D eigenvalue weighted by molar-refractivity contribution is 0.0216. The van der Waals surface area contributed by atoms with Crippen molar-refractivity contribution in [2.45, 2.75) is 65.9 Å². The summed E-state index contributed by atoms with van der Waals surface area (Å²) in [4.78, 5) is 0. The Balaban J connectivity index is 1.92. The van der Waals surface area contributed by atoms with Gasteiger partial charge in [-0.2, -0.15) is 0 Å². The van der Waals surface area contributed by atoms with Crippen LogP contribution in [0.25, 0.3) is 10.1 Å². The van der Waals surface area contributed by atoms with Crippen molar-refractivity contribution in [2.24, 2.45) is 5.41 Å². The van der Waals surface area contributed by atoms with Crippen LogP contribution in [-0.4, -0.2) is 17.8 Å². The summed E-state index contributed by atoms with van der Waals surface area (Å²) in [6.07, 6.45) is 1.59. The van der Waals surface area contributed by atoms with Gasteiger partial charge < -0.3 is 9.84 Å². The molecule has 29 heavy (non-hydrogen) atoms. The van der Waals surface area contributed by atoms with Crippen LogP contribution in [-0.2, 0) is 5.41 Å². The van der Waals surface area contributed by atoms with E-state index in [1.807, 2.05) is 20.8 Å². The van der Waals surface area contributed by atoms with Crippen molar-refractivity contribution >= 4 is 21.4 Å². The monoisotopic (exact) mass is 410 g/mol. The normalized spacial score (nSPS) is 13.6. The highest BCUT2D eigenvalue weighted by Gasteiger charge is 2.31. The van der Waals surface area contributed by atoms with Gasteiger partial charge in [0.05, 0.1) is 6.10 Å². The standard InChI is InChI=1S/C26H34O2S/c1-7-26(8-2,21-10-9-19-13-14-29-23(19)16-21)20-11-12-22(18(3)15-20)28-17-24(27)25(4,5)6/h9-16,24,27H,7-8,17H2,1-6H3. The zero-order chi connectivity index (χ0) is 21.2. The van der Waals surface area contributed by atoms with E-state index in [2.05, 4.69) is 68.6 Å². The van der Waals surface area contributed by atoms with E-state index in [0.29, 0.717) is 6.61 Å². The molecular formula is C26H34O2S. The first kappa shape index (κ1) is 21.9. The van der Waals surface area contributed by atoms with E-state index in [0.717, 1.165) is 24.2 Å². The van der Waals surface area contributed by atoms with Crippen LogP contribution in [0.15, 0.2) is 47.8 Å². The molecule has 0 fully saturated rings. The molecule has 1 unspecified atom stereocenters. The van der Waals surface area contributed by atoms with Gasteiger partial charge >= 0.3 is 0 Å². The molecule has 0 bridgehead atoms. The summed E-state index contributed by atoms with van der Waals surface area (Å²) in [5.74, 6) is 0.854. The number of benzene rings is 2. The van der Waals surface area contributed by atoms with E-state index in [9.17, 15) is 5.11 Å². The fraction of sp³-hybridized carbons (Fsp3) is 0.462. The third-order valence-electron chi connectivity index (χ3n) is 6.34. The van der Waals surface area contributed by atoms with E-state index < -0.39 is 6.10 Å². The highest BCUT2D eigenvalue weighted by Crippen LogP contribution is 2.41. The van der Waals surface area contributed by atoms with Gasteiger partial charge in [-0.25, -0.2) is 0 Å². The molecule has 0 aliphatic heterocycles. The lowest BCUT2D eigenvalue weighted by atomic mass is 9.70. The predicted octanol–water partition coefficient (Wildman–Crippen LogP) is 7.10. The summed E-state index contributed by atoms with van der Waals surface area (Å²) >= 11 is 1.81. The molecule has 3 heteroatoms. The number of aliphatic hydroxyl groups is 1. The first-order valence-corrected chi connectivity index (χ1v) is 11.5. The highest BCUT2D eigenvalue weighted by atomic mass is 32.1. The minimum Gasteiger partial charge on any atom is -0.491 e. The van der Waals surface area contributed by atoms with Gasteiger partial charge in [0.2, 0.25) is 0 Å². The Kier molecular flexibility index (Phi) is 6.40. The van der Waals surface area contributed by atoms with Crippen LogP contribution in [0, 0.1) is 12.3 Å². The molecule has 0 saturated carbocycles. The summed E-state index contributed by atoms with van der Waals surface area (Å²) in [5, 5.41) is 13.8.